The van der Waals surface area contributed by atoms with E-state index >= 15 is 0 Å². The lowest BCUT2D eigenvalue weighted by atomic mass is 9.83. The number of hydrogen-bond donors (Lipinski definition) is 4. The minimum Gasteiger partial charge on any atom is -0.346 e. The van der Waals surface area contributed by atoms with Crippen LogP contribution in [0, 0.1) is 23.2 Å². The summed E-state index contributed by atoms with van der Waals surface area (Å²) in [5.41, 5.74) is 11.8. The van der Waals surface area contributed by atoms with Crippen molar-refractivity contribution < 1.29 is 16.8 Å². The van der Waals surface area contributed by atoms with Crippen LogP contribution in [0.3, 0.4) is 0 Å². The zero-order chi connectivity index (χ0) is 28.6. The first-order valence-electron chi connectivity index (χ1n) is 13.5. The van der Waals surface area contributed by atoms with Gasteiger partial charge in [0.2, 0.25) is 31.7 Å². The Morgan fingerprint density at radius 1 is 1.03 bits per heavy atom. The highest BCUT2D eigenvalue weighted by atomic mass is 32.2. The summed E-state index contributed by atoms with van der Waals surface area (Å²) in [6.45, 7) is 5.35. The maximum absolute atomic E-state index is 13.1. The van der Waals surface area contributed by atoms with E-state index in [1.807, 2.05) is 20.0 Å². The Kier molecular flexibility index (Phi) is 8.81. The molecule has 39 heavy (non-hydrogen) atoms. The van der Waals surface area contributed by atoms with E-state index in [0.717, 1.165) is 5.39 Å². The quantitative estimate of drug-likeness (QED) is 0.181. The number of nitrogens with two attached hydrogens (primary N) is 2. The van der Waals surface area contributed by atoms with Crippen LogP contribution in [-0.4, -0.2) is 110 Å². The summed E-state index contributed by atoms with van der Waals surface area (Å²) in [5.74, 6) is 0.318. The van der Waals surface area contributed by atoms with E-state index in [1.54, 1.807) is 6.20 Å². The number of fused-ring (bicyclic) bond motifs is 1. The number of amidine groups is 1. The first kappa shape index (κ1) is 30.0. The van der Waals surface area contributed by atoms with Crippen LogP contribution in [0.2, 0.25) is 0 Å². The highest BCUT2D eigenvalue weighted by Crippen LogP contribution is 2.39. The minimum absolute atomic E-state index is 0.0311. The molecule has 0 aliphatic carbocycles. The van der Waals surface area contributed by atoms with Crippen molar-refractivity contribution in [2.24, 2.45) is 29.2 Å². The Balaban J connectivity index is 1.82. The zero-order valence-corrected chi connectivity index (χ0v) is 24.6. The predicted octanol–water partition coefficient (Wildman–Crippen LogP) is 0.118. The number of quaternary nitrogens is 1. The number of aromatic amines is 1. The SMILES string of the molecule is CC1CCN(S(=O)(=O)CCN)CC1C(=N)[N+](C)(c1ncnc2[nH]ccc12)C1CN(S(=O)(=O)CCN)CCC1C. The largest absolute Gasteiger partial charge is 0.346 e. The van der Waals surface area contributed by atoms with Crippen LogP contribution >= 0.6 is 0 Å². The van der Waals surface area contributed by atoms with Gasteiger partial charge in [0.15, 0.2) is 0 Å². The van der Waals surface area contributed by atoms with E-state index in [1.165, 1.54) is 14.9 Å². The molecule has 0 aromatic carbocycles. The summed E-state index contributed by atoms with van der Waals surface area (Å²) in [6.07, 6.45) is 4.45. The van der Waals surface area contributed by atoms with Crippen LogP contribution in [-0.2, 0) is 20.0 Å². The smallest absolute Gasteiger partial charge is 0.246 e. The lowest BCUT2D eigenvalue weighted by Gasteiger charge is -2.49. The second-order valence-corrected chi connectivity index (χ2v) is 15.2. The van der Waals surface area contributed by atoms with Crippen LogP contribution in [0.15, 0.2) is 18.6 Å². The molecule has 2 aromatic heterocycles. The molecule has 4 rings (SSSR count). The topological polar surface area (TPSA) is 192 Å². The van der Waals surface area contributed by atoms with Gasteiger partial charge in [-0.2, -0.15) is 9.29 Å². The van der Waals surface area contributed by atoms with Gasteiger partial charge < -0.3 is 16.5 Å². The van der Waals surface area contributed by atoms with Gasteiger partial charge in [-0.1, -0.05) is 13.8 Å². The monoisotopic (exact) mass is 584 g/mol. The molecule has 0 bridgehead atoms. The predicted molar refractivity (Wildman–Crippen MR) is 153 cm³/mol. The highest BCUT2D eigenvalue weighted by molar-refractivity contribution is 7.89. The fourth-order valence-electron chi connectivity index (χ4n) is 6.17. The molecule has 0 radical (unpaired) electrons. The Hall–Kier alpha value is -2.01. The number of nitrogens with one attached hydrogen (secondary N) is 2. The summed E-state index contributed by atoms with van der Waals surface area (Å²) in [4.78, 5) is 12.1. The van der Waals surface area contributed by atoms with Gasteiger partial charge in [0, 0.05) is 44.8 Å². The molecule has 2 aromatic rings. The second-order valence-electron chi connectivity index (χ2n) is 11.0. The molecule has 6 N–H and O–H groups in total. The van der Waals surface area contributed by atoms with Crippen molar-refractivity contribution in [2.75, 3.05) is 57.8 Å². The zero-order valence-electron chi connectivity index (χ0n) is 23.0. The molecule has 0 saturated carbocycles. The summed E-state index contributed by atoms with van der Waals surface area (Å²) in [6, 6.07) is 1.53. The molecule has 0 amide bonds. The number of H-pyrrole nitrogens is 1. The third-order valence-electron chi connectivity index (χ3n) is 8.63. The van der Waals surface area contributed by atoms with Gasteiger partial charge in [-0.3, -0.25) is 5.41 Å². The highest BCUT2D eigenvalue weighted by Gasteiger charge is 2.52. The van der Waals surface area contributed by atoms with Crippen LogP contribution in [0.1, 0.15) is 26.7 Å². The molecular weight excluding hydrogens is 542 g/mol. The van der Waals surface area contributed by atoms with Crippen molar-refractivity contribution in [1.29, 1.82) is 5.41 Å². The van der Waals surface area contributed by atoms with Gasteiger partial charge >= 0.3 is 0 Å². The Bertz CT molecular complexity index is 1400. The molecule has 13 nitrogen and oxygen atoms in total. The first-order chi connectivity index (χ1) is 18.4. The van der Waals surface area contributed by atoms with Crippen molar-refractivity contribution in [3.05, 3.63) is 18.6 Å². The van der Waals surface area contributed by atoms with E-state index in [9.17, 15) is 22.2 Å². The van der Waals surface area contributed by atoms with Gasteiger partial charge in [0.25, 0.3) is 0 Å². The molecule has 2 aliphatic heterocycles. The van der Waals surface area contributed by atoms with E-state index in [2.05, 4.69) is 21.9 Å². The second kappa shape index (κ2) is 11.5. The minimum atomic E-state index is -3.57. The van der Waals surface area contributed by atoms with E-state index in [4.69, 9.17) is 11.5 Å². The lowest BCUT2D eigenvalue weighted by Crippen LogP contribution is -2.69. The van der Waals surface area contributed by atoms with Crippen molar-refractivity contribution >= 4 is 42.7 Å². The number of rotatable bonds is 9. The third-order valence-corrected chi connectivity index (χ3v) is 12.4. The van der Waals surface area contributed by atoms with E-state index in [0.29, 0.717) is 43.2 Å². The first-order valence-corrected chi connectivity index (χ1v) is 16.7. The molecule has 218 valence electrons. The molecule has 0 spiro atoms. The number of piperidine rings is 2. The summed E-state index contributed by atoms with van der Waals surface area (Å²) in [7, 11) is -5.21. The Morgan fingerprint density at radius 2 is 1.62 bits per heavy atom. The van der Waals surface area contributed by atoms with Gasteiger partial charge in [0.05, 0.1) is 31.0 Å². The van der Waals surface area contributed by atoms with Gasteiger partial charge in [-0.15, -0.1) is 0 Å². The average Bonchev–Trinajstić information content (AvgIpc) is 3.37. The number of hydrogen-bond acceptors (Lipinski definition) is 9. The van der Waals surface area contributed by atoms with Gasteiger partial charge in [-0.05, 0) is 24.8 Å². The van der Waals surface area contributed by atoms with E-state index in [-0.39, 0.29) is 60.0 Å². The Morgan fingerprint density at radius 3 is 2.23 bits per heavy atom. The normalized spacial score (nSPS) is 27.4. The van der Waals surface area contributed by atoms with Crippen LogP contribution in [0.5, 0.6) is 0 Å². The van der Waals surface area contributed by atoms with Crippen molar-refractivity contribution in [3.8, 4) is 0 Å². The molecule has 2 aliphatic rings. The summed E-state index contributed by atoms with van der Waals surface area (Å²) in [5, 5.41) is 10.5. The van der Waals surface area contributed by atoms with Crippen molar-refractivity contribution in [3.63, 3.8) is 0 Å². The fourth-order valence-corrected chi connectivity index (χ4v) is 8.82. The lowest BCUT2D eigenvalue weighted by molar-refractivity contribution is 0.150. The third kappa shape index (κ3) is 5.62. The van der Waals surface area contributed by atoms with Crippen molar-refractivity contribution in [1.82, 2.24) is 28.0 Å². The van der Waals surface area contributed by atoms with Gasteiger partial charge in [0.1, 0.15) is 23.4 Å². The number of nitrogens with zero attached hydrogens (tertiary/aromatic N) is 5. The Labute approximate surface area is 231 Å². The number of sulfonamides is 2. The van der Waals surface area contributed by atoms with Crippen molar-refractivity contribution in [2.45, 2.75) is 32.7 Å². The molecule has 2 saturated heterocycles. The molecule has 2 fully saturated rings. The maximum atomic E-state index is 13.1. The fraction of sp³-hybridized carbons (Fsp3) is 0.708. The molecule has 5 atom stereocenters. The molecule has 4 heterocycles. The molecule has 5 unspecified atom stereocenters. The molecular formula is C24H42N9O4S2+. The number of aromatic nitrogens is 3. The number of likely N-dealkylation sites (N-methyl/N-ethyl adjacent to an activating group) is 1. The standard InChI is InChI=1S/C24H42N9O4S2/c1-17-5-10-31(38(34,35)12-7-25)14-20(17)22(27)33(3,24-19-4-9-28-23(19)29-16-30-24)21-15-32(11-6-18(21)2)39(36,37)13-8-26/h4,9,16-18,20-21,27H,5-8,10-15,25-26H2,1-3H3,(H,28,29,30)/q+1. The summed E-state index contributed by atoms with van der Waals surface area (Å²) < 4.78 is 55.0. The summed E-state index contributed by atoms with van der Waals surface area (Å²) >= 11 is 0. The van der Waals surface area contributed by atoms with E-state index < -0.39 is 26.0 Å². The van der Waals surface area contributed by atoms with Crippen LogP contribution in [0.25, 0.3) is 11.0 Å². The maximum Gasteiger partial charge on any atom is 0.246 e. The average molecular weight is 585 g/mol. The van der Waals surface area contributed by atoms with Crippen LogP contribution in [0.4, 0.5) is 5.82 Å². The van der Waals surface area contributed by atoms with Gasteiger partial charge in [-0.25, -0.2) is 30.6 Å². The molecule has 15 heteroatoms. The van der Waals surface area contributed by atoms with Crippen LogP contribution < -0.4 is 16.0 Å².